The van der Waals surface area contributed by atoms with Crippen molar-refractivity contribution in [1.82, 2.24) is 4.90 Å². The number of ether oxygens (including phenoxy) is 3. The lowest BCUT2D eigenvalue weighted by atomic mass is 10.3. The molecule has 0 aromatic heterocycles. The van der Waals surface area contributed by atoms with Gasteiger partial charge in [0.1, 0.15) is 0 Å². The van der Waals surface area contributed by atoms with E-state index in [1.165, 1.54) is 12.2 Å². The maximum absolute atomic E-state index is 11.5. The van der Waals surface area contributed by atoms with Gasteiger partial charge in [0, 0.05) is 19.2 Å². The van der Waals surface area contributed by atoms with E-state index >= 15 is 0 Å². The van der Waals surface area contributed by atoms with Gasteiger partial charge in [0.2, 0.25) is 0 Å². The number of hydrogen-bond acceptors (Lipinski definition) is 6. The molecule has 0 radical (unpaired) electrons. The summed E-state index contributed by atoms with van der Waals surface area (Å²) >= 11 is 0. The molecular formula is C17H31NO5. The molecular weight excluding hydrogens is 298 g/mol. The lowest BCUT2D eigenvalue weighted by Crippen LogP contribution is -2.36. The zero-order valence-corrected chi connectivity index (χ0v) is 14.2. The van der Waals surface area contributed by atoms with Crippen LogP contribution in [0.25, 0.3) is 0 Å². The molecule has 23 heavy (non-hydrogen) atoms. The molecule has 1 atom stereocenters. The van der Waals surface area contributed by atoms with Crippen molar-refractivity contribution < 1.29 is 24.1 Å². The fraction of sp³-hybridized carbons (Fsp3) is 0.824. The highest BCUT2D eigenvalue weighted by molar-refractivity contribution is 5.81. The third-order valence-corrected chi connectivity index (χ3v) is 3.65. The summed E-state index contributed by atoms with van der Waals surface area (Å²) in [6.45, 7) is 7.60. The van der Waals surface area contributed by atoms with Gasteiger partial charge in [-0.15, -0.1) is 0 Å². The smallest absolute Gasteiger partial charge is 0.330 e. The minimum Gasteiger partial charge on any atom is -0.463 e. The Balaban J connectivity index is 1.97. The molecule has 6 nitrogen and oxygen atoms in total. The van der Waals surface area contributed by atoms with E-state index in [2.05, 4.69) is 11.8 Å². The number of hydrogen-bond donors (Lipinski definition) is 1. The number of carbonyl (C=O) groups is 1. The predicted molar refractivity (Wildman–Crippen MR) is 88.1 cm³/mol. The summed E-state index contributed by atoms with van der Waals surface area (Å²) in [4.78, 5) is 13.8. The molecule has 1 aliphatic heterocycles. The molecule has 0 aromatic rings. The van der Waals surface area contributed by atoms with Gasteiger partial charge in [-0.25, -0.2) is 4.79 Å². The van der Waals surface area contributed by atoms with Crippen molar-refractivity contribution in [2.24, 2.45) is 0 Å². The Morgan fingerprint density at radius 1 is 1.22 bits per heavy atom. The number of aliphatic hydroxyl groups excluding tert-OH is 1. The fourth-order valence-electron chi connectivity index (χ4n) is 2.26. The summed E-state index contributed by atoms with van der Waals surface area (Å²) in [5.41, 5.74) is 0. The van der Waals surface area contributed by atoms with Crippen molar-refractivity contribution in [2.45, 2.75) is 45.3 Å². The number of unbranched alkanes of at least 4 members (excludes halogenated alkanes) is 3. The van der Waals surface area contributed by atoms with Crippen molar-refractivity contribution in [3.8, 4) is 0 Å². The van der Waals surface area contributed by atoms with Gasteiger partial charge in [0.25, 0.3) is 0 Å². The summed E-state index contributed by atoms with van der Waals surface area (Å²) in [6.07, 6.45) is 6.44. The number of nitrogens with zero attached hydrogens (tertiary/aromatic N) is 1. The number of carbonyl (C=O) groups excluding carboxylic acids is 1. The van der Waals surface area contributed by atoms with Gasteiger partial charge in [-0.2, -0.15) is 0 Å². The second-order valence-corrected chi connectivity index (χ2v) is 5.66. The van der Waals surface area contributed by atoms with Crippen molar-refractivity contribution in [3.05, 3.63) is 12.2 Å². The Bertz CT molecular complexity index is 329. The van der Waals surface area contributed by atoms with Gasteiger partial charge in [-0.1, -0.05) is 19.8 Å². The highest BCUT2D eigenvalue weighted by Gasteiger charge is 2.09. The Labute approximate surface area is 139 Å². The lowest BCUT2D eigenvalue weighted by Gasteiger charge is -2.26. The first kappa shape index (κ1) is 20.1. The molecule has 0 spiro atoms. The van der Waals surface area contributed by atoms with Crippen LogP contribution in [0, 0.1) is 0 Å². The van der Waals surface area contributed by atoms with Crippen LogP contribution in [0.4, 0.5) is 0 Å². The van der Waals surface area contributed by atoms with Crippen LogP contribution in [-0.4, -0.2) is 68.3 Å². The number of rotatable bonds is 12. The van der Waals surface area contributed by atoms with Crippen molar-refractivity contribution in [3.63, 3.8) is 0 Å². The van der Waals surface area contributed by atoms with Crippen LogP contribution in [0.3, 0.4) is 0 Å². The van der Waals surface area contributed by atoms with Crippen molar-refractivity contribution >= 4 is 5.97 Å². The third-order valence-electron chi connectivity index (χ3n) is 3.65. The van der Waals surface area contributed by atoms with Gasteiger partial charge in [0.15, 0.2) is 6.29 Å². The molecule has 0 saturated carbocycles. The van der Waals surface area contributed by atoms with Crippen molar-refractivity contribution in [2.75, 3.05) is 46.1 Å². The van der Waals surface area contributed by atoms with Crippen LogP contribution in [0.15, 0.2) is 12.2 Å². The van der Waals surface area contributed by atoms with Gasteiger partial charge in [0.05, 0.1) is 26.4 Å². The molecule has 1 N–H and O–H groups in total. The van der Waals surface area contributed by atoms with Gasteiger partial charge >= 0.3 is 5.97 Å². The summed E-state index contributed by atoms with van der Waals surface area (Å²) in [5.74, 6) is -0.437. The Morgan fingerprint density at radius 2 is 1.96 bits per heavy atom. The average molecular weight is 329 g/mol. The predicted octanol–water partition coefficient (Wildman–Crippen LogP) is 1.72. The third kappa shape index (κ3) is 11.3. The van der Waals surface area contributed by atoms with E-state index in [0.717, 1.165) is 65.0 Å². The zero-order chi connectivity index (χ0) is 16.8. The van der Waals surface area contributed by atoms with Crippen LogP contribution < -0.4 is 0 Å². The second-order valence-electron chi connectivity index (χ2n) is 5.66. The van der Waals surface area contributed by atoms with Crippen LogP contribution in [0.5, 0.6) is 0 Å². The van der Waals surface area contributed by atoms with E-state index in [0.29, 0.717) is 13.2 Å². The van der Waals surface area contributed by atoms with E-state index in [1.807, 2.05) is 0 Å². The van der Waals surface area contributed by atoms with Gasteiger partial charge in [-0.05, 0) is 31.9 Å². The van der Waals surface area contributed by atoms with Gasteiger partial charge in [-0.3, -0.25) is 4.90 Å². The quantitative estimate of drug-likeness (QED) is 0.254. The molecule has 1 unspecified atom stereocenters. The standard InChI is InChI=1S/C17H31NO5/c1-2-3-5-12-22-16(19)7-8-17(20)23-13-6-4-9-18-10-14-21-15-11-18/h7-8,16,19H,2-6,9-15H2,1H3/b8-7+. The minimum absolute atomic E-state index is 0.404. The van der Waals surface area contributed by atoms with E-state index in [9.17, 15) is 9.90 Å². The normalized spacial score (nSPS) is 17.5. The summed E-state index contributed by atoms with van der Waals surface area (Å²) in [7, 11) is 0. The summed E-state index contributed by atoms with van der Waals surface area (Å²) < 4.78 is 15.5. The maximum Gasteiger partial charge on any atom is 0.330 e. The Kier molecular flexibility index (Phi) is 11.8. The van der Waals surface area contributed by atoms with Crippen molar-refractivity contribution in [1.29, 1.82) is 0 Å². The molecule has 1 aliphatic rings. The first-order chi connectivity index (χ1) is 11.2. The van der Waals surface area contributed by atoms with E-state index in [4.69, 9.17) is 14.2 Å². The number of aliphatic hydroxyl groups is 1. The average Bonchev–Trinajstić information content (AvgIpc) is 2.57. The minimum atomic E-state index is -1.04. The van der Waals surface area contributed by atoms with Crippen LogP contribution in [0.2, 0.25) is 0 Å². The Hall–Kier alpha value is -0.950. The molecule has 0 amide bonds. The van der Waals surface area contributed by atoms with Crippen LogP contribution >= 0.6 is 0 Å². The zero-order valence-electron chi connectivity index (χ0n) is 14.2. The van der Waals surface area contributed by atoms with E-state index in [-0.39, 0.29) is 0 Å². The maximum atomic E-state index is 11.5. The topological polar surface area (TPSA) is 68.2 Å². The molecule has 1 rings (SSSR count). The highest BCUT2D eigenvalue weighted by Crippen LogP contribution is 2.01. The first-order valence-electron chi connectivity index (χ1n) is 8.67. The van der Waals surface area contributed by atoms with E-state index < -0.39 is 12.3 Å². The van der Waals surface area contributed by atoms with Gasteiger partial charge < -0.3 is 19.3 Å². The molecule has 1 heterocycles. The second kappa shape index (κ2) is 13.5. The Morgan fingerprint density at radius 3 is 2.70 bits per heavy atom. The first-order valence-corrected chi connectivity index (χ1v) is 8.67. The van der Waals surface area contributed by atoms with Crippen LogP contribution in [-0.2, 0) is 19.0 Å². The molecule has 0 bridgehead atoms. The molecule has 0 aromatic carbocycles. The number of morpholine rings is 1. The molecule has 1 saturated heterocycles. The number of esters is 1. The fourth-order valence-corrected chi connectivity index (χ4v) is 2.26. The molecule has 134 valence electrons. The SMILES string of the molecule is CCCCCOC(O)/C=C/C(=O)OCCCCN1CCOCC1. The largest absolute Gasteiger partial charge is 0.463 e. The molecule has 0 aliphatic carbocycles. The van der Waals surface area contributed by atoms with Crippen LogP contribution in [0.1, 0.15) is 39.0 Å². The van der Waals surface area contributed by atoms with E-state index in [1.54, 1.807) is 0 Å². The molecule has 1 fully saturated rings. The summed E-state index contributed by atoms with van der Waals surface area (Å²) in [5, 5.41) is 9.52. The monoisotopic (exact) mass is 329 g/mol. The molecule has 6 heteroatoms. The lowest BCUT2D eigenvalue weighted by molar-refractivity contribution is -0.138. The summed E-state index contributed by atoms with van der Waals surface area (Å²) in [6, 6.07) is 0. The highest BCUT2D eigenvalue weighted by atomic mass is 16.6.